The Balaban J connectivity index is 2.43. The van der Waals surface area contributed by atoms with Crippen molar-refractivity contribution in [2.45, 2.75) is 13.5 Å². The third-order valence-corrected chi connectivity index (χ3v) is 3.01. The molecule has 0 atom stereocenters. The van der Waals surface area contributed by atoms with Crippen LogP contribution in [0.15, 0.2) is 18.2 Å². The first-order chi connectivity index (χ1) is 8.24. The highest BCUT2D eigenvalue weighted by Gasteiger charge is 2.18. The quantitative estimate of drug-likeness (QED) is 0.912. The van der Waals surface area contributed by atoms with E-state index >= 15 is 0 Å². The van der Waals surface area contributed by atoms with E-state index in [9.17, 15) is 8.78 Å². The first-order valence-corrected chi connectivity index (χ1v) is 5.97. The van der Waals surface area contributed by atoms with Gasteiger partial charge in [-0.1, -0.05) is 17.5 Å². The SMILES string of the molecule is CCNCc1snnc1-c1c(F)cccc1F. The Morgan fingerprint density at radius 3 is 2.65 bits per heavy atom. The van der Waals surface area contributed by atoms with Crippen LogP contribution in [-0.4, -0.2) is 16.1 Å². The van der Waals surface area contributed by atoms with Gasteiger partial charge in [0.2, 0.25) is 0 Å². The van der Waals surface area contributed by atoms with Crippen LogP contribution >= 0.6 is 11.5 Å². The molecule has 1 aromatic heterocycles. The molecular weight excluding hydrogens is 244 g/mol. The Bertz CT molecular complexity index is 493. The summed E-state index contributed by atoms with van der Waals surface area (Å²) in [5.41, 5.74) is 0.181. The molecule has 1 heterocycles. The predicted octanol–water partition coefficient (Wildman–Crippen LogP) is 2.59. The molecule has 0 amide bonds. The van der Waals surface area contributed by atoms with Crippen molar-refractivity contribution in [3.8, 4) is 11.3 Å². The van der Waals surface area contributed by atoms with E-state index in [4.69, 9.17) is 0 Å². The maximum Gasteiger partial charge on any atom is 0.135 e. The predicted molar refractivity (Wildman–Crippen MR) is 62.6 cm³/mol. The minimum absolute atomic E-state index is 0.103. The van der Waals surface area contributed by atoms with Gasteiger partial charge in [-0.2, -0.15) is 0 Å². The lowest BCUT2D eigenvalue weighted by Gasteiger charge is -2.04. The summed E-state index contributed by atoms with van der Waals surface area (Å²) in [6.07, 6.45) is 0. The van der Waals surface area contributed by atoms with Crippen molar-refractivity contribution in [2.75, 3.05) is 6.54 Å². The van der Waals surface area contributed by atoms with E-state index in [2.05, 4.69) is 14.9 Å². The van der Waals surface area contributed by atoms with Gasteiger partial charge in [-0.25, -0.2) is 8.78 Å². The molecule has 90 valence electrons. The Morgan fingerprint density at radius 2 is 2.00 bits per heavy atom. The van der Waals surface area contributed by atoms with E-state index in [0.717, 1.165) is 23.0 Å². The highest BCUT2D eigenvalue weighted by Crippen LogP contribution is 2.28. The van der Waals surface area contributed by atoms with E-state index < -0.39 is 11.6 Å². The molecule has 6 heteroatoms. The number of halogens is 2. The standard InChI is InChI=1S/C11H11F2N3S/c1-2-14-6-9-11(15-16-17-9)10-7(12)4-3-5-8(10)13/h3-5,14H,2,6H2,1H3. The van der Waals surface area contributed by atoms with Crippen LogP contribution in [-0.2, 0) is 6.54 Å². The average Bonchev–Trinajstić information content (AvgIpc) is 2.74. The van der Waals surface area contributed by atoms with Gasteiger partial charge in [-0.05, 0) is 30.2 Å². The van der Waals surface area contributed by atoms with Gasteiger partial charge in [-0.15, -0.1) is 5.10 Å². The molecule has 0 unspecified atom stereocenters. The molecule has 0 fully saturated rings. The van der Waals surface area contributed by atoms with Crippen LogP contribution in [0.1, 0.15) is 11.8 Å². The Labute approximate surface area is 102 Å². The van der Waals surface area contributed by atoms with Crippen LogP contribution in [0.5, 0.6) is 0 Å². The van der Waals surface area contributed by atoms with E-state index in [-0.39, 0.29) is 11.3 Å². The molecule has 0 aliphatic rings. The van der Waals surface area contributed by atoms with Crippen molar-refractivity contribution >= 4 is 11.5 Å². The van der Waals surface area contributed by atoms with Gasteiger partial charge in [0.25, 0.3) is 0 Å². The van der Waals surface area contributed by atoms with Crippen LogP contribution in [0.4, 0.5) is 8.78 Å². The number of nitrogens with one attached hydrogen (secondary N) is 1. The number of rotatable bonds is 4. The van der Waals surface area contributed by atoms with Crippen molar-refractivity contribution < 1.29 is 8.78 Å². The van der Waals surface area contributed by atoms with Crippen molar-refractivity contribution in [2.24, 2.45) is 0 Å². The fourth-order valence-electron chi connectivity index (χ4n) is 1.48. The fourth-order valence-corrected chi connectivity index (χ4v) is 2.09. The summed E-state index contributed by atoms with van der Waals surface area (Å²) in [4.78, 5) is 0.732. The highest BCUT2D eigenvalue weighted by molar-refractivity contribution is 7.05. The lowest BCUT2D eigenvalue weighted by atomic mass is 10.1. The molecule has 0 aliphatic heterocycles. The molecule has 2 aromatic rings. The molecule has 1 N–H and O–H groups in total. The van der Waals surface area contributed by atoms with Gasteiger partial charge in [0, 0.05) is 6.54 Å². The second kappa shape index (κ2) is 5.29. The zero-order valence-electron chi connectivity index (χ0n) is 9.20. The molecule has 0 spiro atoms. The highest BCUT2D eigenvalue weighted by atomic mass is 32.1. The van der Waals surface area contributed by atoms with E-state index in [1.165, 1.54) is 18.2 Å². The minimum atomic E-state index is -0.615. The molecule has 2 rings (SSSR count). The molecule has 1 aromatic carbocycles. The van der Waals surface area contributed by atoms with E-state index in [1.54, 1.807) is 0 Å². The maximum atomic E-state index is 13.6. The Hall–Kier alpha value is -1.40. The van der Waals surface area contributed by atoms with Crippen LogP contribution < -0.4 is 5.32 Å². The molecule has 0 saturated heterocycles. The molecule has 0 aliphatic carbocycles. The number of hydrogen-bond donors (Lipinski definition) is 1. The van der Waals surface area contributed by atoms with Crippen molar-refractivity contribution in [3.63, 3.8) is 0 Å². The summed E-state index contributed by atoms with van der Waals surface area (Å²) in [6.45, 7) is 3.24. The van der Waals surface area contributed by atoms with Gasteiger partial charge in [0.05, 0.1) is 10.4 Å². The number of hydrogen-bond acceptors (Lipinski definition) is 4. The summed E-state index contributed by atoms with van der Waals surface area (Å²) in [5, 5.41) is 6.89. The summed E-state index contributed by atoms with van der Waals surface area (Å²) < 4.78 is 30.9. The van der Waals surface area contributed by atoms with E-state index in [1.807, 2.05) is 6.92 Å². The zero-order chi connectivity index (χ0) is 12.3. The van der Waals surface area contributed by atoms with Crippen LogP contribution in [0.25, 0.3) is 11.3 Å². The number of aromatic nitrogens is 2. The van der Waals surface area contributed by atoms with Gasteiger partial charge >= 0.3 is 0 Å². The van der Waals surface area contributed by atoms with Crippen LogP contribution in [0.2, 0.25) is 0 Å². The normalized spacial score (nSPS) is 10.8. The summed E-state index contributed by atoms with van der Waals surface area (Å²) in [5.74, 6) is -1.23. The first kappa shape index (κ1) is 12.1. The summed E-state index contributed by atoms with van der Waals surface area (Å²) in [7, 11) is 0. The van der Waals surface area contributed by atoms with Crippen molar-refractivity contribution in [1.82, 2.24) is 14.9 Å². The Morgan fingerprint density at radius 1 is 1.29 bits per heavy atom. The smallest absolute Gasteiger partial charge is 0.135 e. The molecule has 0 bridgehead atoms. The van der Waals surface area contributed by atoms with E-state index in [0.29, 0.717) is 6.54 Å². The first-order valence-electron chi connectivity index (χ1n) is 5.20. The molecular formula is C11H11F2N3S. The van der Waals surface area contributed by atoms with Crippen LogP contribution in [0.3, 0.4) is 0 Å². The topological polar surface area (TPSA) is 37.8 Å². The van der Waals surface area contributed by atoms with Gasteiger partial charge in [0.1, 0.15) is 17.3 Å². The van der Waals surface area contributed by atoms with Crippen LogP contribution in [0, 0.1) is 11.6 Å². The molecule has 3 nitrogen and oxygen atoms in total. The maximum absolute atomic E-state index is 13.6. The van der Waals surface area contributed by atoms with Crippen molar-refractivity contribution in [3.05, 3.63) is 34.7 Å². The minimum Gasteiger partial charge on any atom is -0.312 e. The fraction of sp³-hybridized carbons (Fsp3) is 0.273. The van der Waals surface area contributed by atoms with Gasteiger partial charge in [-0.3, -0.25) is 0 Å². The second-order valence-corrected chi connectivity index (χ2v) is 4.26. The molecule has 0 radical (unpaired) electrons. The third kappa shape index (κ3) is 2.48. The zero-order valence-corrected chi connectivity index (χ0v) is 10.0. The molecule has 17 heavy (non-hydrogen) atoms. The molecule has 0 saturated carbocycles. The summed E-state index contributed by atoms with van der Waals surface area (Å²) >= 11 is 1.14. The number of nitrogens with zero attached hydrogens (tertiary/aromatic N) is 2. The van der Waals surface area contributed by atoms with Gasteiger partial charge < -0.3 is 5.32 Å². The summed E-state index contributed by atoms with van der Waals surface area (Å²) in [6, 6.07) is 3.77. The Kier molecular flexibility index (Phi) is 3.75. The van der Waals surface area contributed by atoms with Crippen molar-refractivity contribution in [1.29, 1.82) is 0 Å². The van der Waals surface area contributed by atoms with Gasteiger partial charge in [0.15, 0.2) is 0 Å². The second-order valence-electron chi connectivity index (χ2n) is 3.42. The third-order valence-electron chi connectivity index (χ3n) is 2.29. The monoisotopic (exact) mass is 255 g/mol. The average molecular weight is 255 g/mol. The lowest BCUT2D eigenvalue weighted by Crippen LogP contribution is -2.11. The number of benzene rings is 1. The lowest BCUT2D eigenvalue weighted by molar-refractivity contribution is 0.588. The largest absolute Gasteiger partial charge is 0.312 e.